The van der Waals surface area contributed by atoms with E-state index >= 15 is 0 Å². The molecule has 8 heteroatoms. The maximum Gasteiger partial charge on any atom is 0.270 e. The fourth-order valence-electron chi connectivity index (χ4n) is 2.77. The van der Waals surface area contributed by atoms with Crippen molar-refractivity contribution in [3.63, 3.8) is 0 Å². The number of hydrogen-bond acceptors (Lipinski definition) is 6. The second-order valence-corrected chi connectivity index (χ2v) is 6.44. The van der Waals surface area contributed by atoms with Crippen LogP contribution in [0.3, 0.4) is 0 Å². The van der Waals surface area contributed by atoms with E-state index < -0.39 is 0 Å². The van der Waals surface area contributed by atoms with Gasteiger partial charge in [0, 0.05) is 24.2 Å². The number of anilines is 2. The molecule has 26 heavy (non-hydrogen) atoms. The average Bonchev–Trinajstić information content (AvgIpc) is 3.13. The molecule has 1 aromatic heterocycles. The van der Waals surface area contributed by atoms with E-state index in [0.29, 0.717) is 40.3 Å². The second-order valence-electron chi connectivity index (χ2n) is 6.00. The lowest BCUT2D eigenvalue weighted by molar-refractivity contribution is 0.0853. The number of aryl methyl sites for hydroxylation is 1. The van der Waals surface area contributed by atoms with E-state index in [1.54, 1.807) is 38.3 Å². The van der Waals surface area contributed by atoms with Crippen LogP contribution >= 0.6 is 11.6 Å². The highest BCUT2D eigenvalue weighted by molar-refractivity contribution is 6.31. The summed E-state index contributed by atoms with van der Waals surface area (Å²) in [6.45, 7) is 2.96. The van der Waals surface area contributed by atoms with Crippen LogP contribution in [0.2, 0.25) is 5.02 Å². The zero-order valence-electron chi connectivity index (χ0n) is 14.7. The van der Waals surface area contributed by atoms with Crippen LogP contribution in [0.1, 0.15) is 29.2 Å². The predicted molar refractivity (Wildman–Crippen MR) is 99.4 cm³/mol. The summed E-state index contributed by atoms with van der Waals surface area (Å²) in [6.07, 6.45) is 2.07. The summed E-state index contributed by atoms with van der Waals surface area (Å²) >= 11 is 6.05. The first-order valence-electron chi connectivity index (χ1n) is 8.41. The molecule has 1 atom stereocenters. The lowest BCUT2D eigenvalue weighted by Crippen LogP contribution is -2.32. The highest BCUT2D eigenvalue weighted by Crippen LogP contribution is 2.30. The zero-order chi connectivity index (χ0) is 18.5. The van der Waals surface area contributed by atoms with Crippen LogP contribution in [0, 0.1) is 6.92 Å². The van der Waals surface area contributed by atoms with Crippen LogP contribution < -0.4 is 15.4 Å². The molecule has 138 valence electrons. The highest BCUT2D eigenvalue weighted by Gasteiger charge is 2.18. The highest BCUT2D eigenvalue weighted by atomic mass is 35.5. The van der Waals surface area contributed by atoms with Gasteiger partial charge in [0.1, 0.15) is 23.1 Å². The van der Waals surface area contributed by atoms with Crippen molar-refractivity contribution < 1.29 is 14.3 Å². The first-order valence-corrected chi connectivity index (χ1v) is 8.79. The minimum atomic E-state index is -0.257. The van der Waals surface area contributed by atoms with Crippen molar-refractivity contribution in [2.24, 2.45) is 0 Å². The van der Waals surface area contributed by atoms with Gasteiger partial charge in [-0.3, -0.25) is 4.79 Å². The normalized spacial score (nSPS) is 16.3. The quantitative estimate of drug-likeness (QED) is 0.805. The number of ether oxygens (including phenoxy) is 2. The lowest BCUT2D eigenvalue weighted by atomic mass is 10.2. The Kier molecular flexibility index (Phi) is 5.90. The standard InChI is InChI=1S/C18H21ClN4O3/c1-11-21-15(18(24)20-10-13-4-3-7-26-13)9-17(22-11)23-14-8-12(19)5-6-16(14)25-2/h5-6,8-9,13H,3-4,7,10H2,1-2H3,(H,20,24)(H,21,22,23). The Balaban J connectivity index is 1.74. The van der Waals surface area contributed by atoms with E-state index in [4.69, 9.17) is 21.1 Å². The van der Waals surface area contributed by atoms with Gasteiger partial charge < -0.3 is 20.1 Å². The molecular weight excluding hydrogens is 356 g/mol. The Morgan fingerprint density at radius 1 is 1.38 bits per heavy atom. The number of nitrogens with one attached hydrogen (secondary N) is 2. The van der Waals surface area contributed by atoms with Gasteiger partial charge in [-0.2, -0.15) is 0 Å². The van der Waals surface area contributed by atoms with Crippen molar-refractivity contribution in [1.82, 2.24) is 15.3 Å². The van der Waals surface area contributed by atoms with Crippen molar-refractivity contribution in [3.8, 4) is 5.75 Å². The number of carbonyl (C=O) groups excluding carboxylic acids is 1. The molecule has 3 rings (SSSR count). The minimum Gasteiger partial charge on any atom is -0.495 e. The fourth-order valence-corrected chi connectivity index (χ4v) is 2.94. The molecule has 0 bridgehead atoms. The lowest BCUT2D eigenvalue weighted by Gasteiger charge is -2.13. The van der Waals surface area contributed by atoms with Gasteiger partial charge in [0.2, 0.25) is 0 Å². The SMILES string of the molecule is COc1ccc(Cl)cc1Nc1cc(C(=O)NCC2CCCO2)nc(C)n1. The summed E-state index contributed by atoms with van der Waals surface area (Å²) in [5, 5.41) is 6.56. The summed E-state index contributed by atoms with van der Waals surface area (Å²) in [5.41, 5.74) is 0.947. The number of hydrogen-bond donors (Lipinski definition) is 2. The van der Waals surface area contributed by atoms with Gasteiger partial charge in [-0.1, -0.05) is 11.6 Å². The molecule has 0 radical (unpaired) electrons. The fraction of sp³-hybridized carbons (Fsp3) is 0.389. The molecule has 1 amide bonds. The molecule has 1 fully saturated rings. The number of amides is 1. The molecule has 1 saturated heterocycles. The van der Waals surface area contributed by atoms with Crippen LogP contribution in [0.5, 0.6) is 5.75 Å². The Bertz CT molecular complexity index is 794. The summed E-state index contributed by atoms with van der Waals surface area (Å²) in [5.74, 6) is 1.33. The topological polar surface area (TPSA) is 85.4 Å². The third kappa shape index (κ3) is 4.62. The number of methoxy groups -OCH3 is 1. The van der Waals surface area contributed by atoms with Crippen molar-refractivity contribution in [2.45, 2.75) is 25.9 Å². The van der Waals surface area contributed by atoms with E-state index in [1.807, 2.05) is 0 Å². The Morgan fingerprint density at radius 3 is 2.96 bits per heavy atom. The van der Waals surface area contributed by atoms with Crippen LogP contribution in [0.25, 0.3) is 0 Å². The van der Waals surface area contributed by atoms with E-state index in [1.165, 1.54) is 0 Å². The molecule has 2 heterocycles. The number of aromatic nitrogens is 2. The first kappa shape index (κ1) is 18.4. The number of rotatable bonds is 6. The largest absolute Gasteiger partial charge is 0.495 e. The summed E-state index contributed by atoms with van der Waals surface area (Å²) in [6, 6.07) is 6.82. The smallest absolute Gasteiger partial charge is 0.270 e. The monoisotopic (exact) mass is 376 g/mol. The summed E-state index contributed by atoms with van der Waals surface area (Å²) in [7, 11) is 1.57. The third-order valence-corrected chi connectivity index (χ3v) is 4.24. The van der Waals surface area contributed by atoms with Gasteiger partial charge in [0.05, 0.1) is 18.9 Å². The zero-order valence-corrected chi connectivity index (χ0v) is 15.5. The van der Waals surface area contributed by atoms with Crippen molar-refractivity contribution in [2.75, 3.05) is 25.6 Å². The molecule has 1 unspecified atom stereocenters. The molecule has 0 saturated carbocycles. The van der Waals surface area contributed by atoms with Crippen LogP contribution in [0.15, 0.2) is 24.3 Å². The van der Waals surface area contributed by atoms with Crippen LogP contribution in [-0.4, -0.2) is 42.2 Å². The van der Waals surface area contributed by atoms with Gasteiger partial charge in [-0.15, -0.1) is 0 Å². The van der Waals surface area contributed by atoms with Crippen molar-refractivity contribution >= 4 is 29.0 Å². The molecule has 1 aliphatic rings. The Labute approximate surface area is 157 Å². The number of benzene rings is 1. The predicted octanol–water partition coefficient (Wildman–Crippen LogP) is 3.10. The second kappa shape index (κ2) is 8.33. The van der Waals surface area contributed by atoms with Gasteiger partial charge in [0.15, 0.2) is 0 Å². The maximum atomic E-state index is 12.4. The molecular formula is C18H21ClN4O3. The Hall–Kier alpha value is -2.38. The maximum absolute atomic E-state index is 12.4. The Morgan fingerprint density at radius 2 is 2.23 bits per heavy atom. The molecule has 2 N–H and O–H groups in total. The minimum absolute atomic E-state index is 0.0789. The van der Waals surface area contributed by atoms with E-state index in [-0.39, 0.29) is 12.0 Å². The molecule has 1 aliphatic heterocycles. The van der Waals surface area contributed by atoms with E-state index in [9.17, 15) is 4.79 Å². The van der Waals surface area contributed by atoms with Gasteiger partial charge in [-0.05, 0) is 38.0 Å². The molecule has 0 aliphatic carbocycles. The molecule has 1 aromatic carbocycles. The first-order chi connectivity index (χ1) is 12.5. The van der Waals surface area contributed by atoms with Gasteiger partial charge in [-0.25, -0.2) is 9.97 Å². The van der Waals surface area contributed by atoms with Crippen molar-refractivity contribution in [3.05, 3.63) is 40.8 Å². The van der Waals surface area contributed by atoms with Crippen LogP contribution in [-0.2, 0) is 4.74 Å². The van der Waals surface area contributed by atoms with E-state index in [2.05, 4.69) is 20.6 Å². The number of halogens is 1. The van der Waals surface area contributed by atoms with Gasteiger partial charge >= 0.3 is 0 Å². The number of carbonyl (C=O) groups is 1. The van der Waals surface area contributed by atoms with Crippen molar-refractivity contribution in [1.29, 1.82) is 0 Å². The molecule has 2 aromatic rings. The average molecular weight is 377 g/mol. The van der Waals surface area contributed by atoms with Gasteiger partial charge in [0.25, 0.3) is 5.91 Å². The number of nitrogens with zero attached hydrogens (tertiary/aromatic N) is 2. The summed E-state index contributed by atoms with van der Waals surface area (Å²) in [4.78, 5) is 21.0. The third-order valence-electron chi connectivity index (χ3n) is 4.01. The molecule has 0 spiro atoms. The van der Waals surface area contributed by atoms with E-state index in [0.717, 1.165) is 19.4 Å². The van der Waals surface area contributed by atoms with Crippen LogP contribution in [0.4, 0.5) is 11.5 Å². The summed E-state index contributed by atoms with van der Waals surface area (Å²) < 4.78 is 10.8. The molecule has 7 nitrogen and oxygen atoms in total.